The standard InChI is InChI=1S/C15H20ClFN2.2ClH/c16-12-5-2-6-13(17)14(12)15(11-3-1-4-11)19-9-7-18-8-10-19;;/h2,5-6,11,15,18H,1,3-4,7-10H2;2*1H/t15-;;/m1../s1. The summed E-state index contributed by atoms with van der Waals surface area (Å²) in [6.45, 7) is 3.92. The zero-order chi connectivity index (χ0) is 13.2. The number of piperazine rings is 1. The molecule has 1 saturated carbocycles. The second-order valence-corrected chi connectivity index (χ2v) is 5.96. The van der Waals surface area contributed by atoms with Crippen LogP contribution in [0.3, 0.4) is 0 Å². The van der Waals surface area contributed by atoms with Gasteiger partial charge in [0.05, 0.1) is 0 Å². The van der Waals surface area contributed by atoms with Gasteiger partial charge in [-0.05, 0) is 30.9 Å². The average Bonchev–Trinajstić information content (AvgIpc) is 2.36. The molecule has 6 heteroatoms. The highest BCUT2D eigenvalue weighted by atomic mass is 35.5. The molecule has 1 heterocycles. The number of nitrogens with one attached hydrogen (secondary N) is 1. The van der Waals surface area contributed by atoms with Crippen molar-refractivity contribution in [3.05, 3.63) is 34.6 Å². The molecule has 2 aliphatic rings. The van der Waals surface area contributed by atoms with E-state index in [1.54, 1.807) is 6.07 Å². The van der Waals surface area contributed by atoms with Gasteiger partial charge in [0.25, 0.3) is 0 Å². The smallest absolute Gasteiger partial charge is 0.129 e. The average molecular weight is 356 g/mol. The SMILES string of the molecule is Cl.Cl.Fc1cccc(Cl)c1[C@@H](C1CCC1)N1CCNCC1. The van der Waals surface area contributed by atoms with Crippen molar-refractivity contribution in [1.82, 2.24) is 10.2 Å². The van der Waals surface area contributed by atoms with Gasteiger partial charge in [-0.15, -0.1) is 24.8 Å². The molecule has 1 aliphatic heterocycles. The van der Waals surface area contributed by atoms with E-state index >= 15 is 0 Å². The summed E-state index contributed by atoms with van der Waals surface area (Å²) in [6.07, 6.45) is 3.65. The lowest BCUT2D eigenvalue weighted by molar-refractivity contribution is 0.0812. The topological polar surface area (TPSA) is 15.3 Å². The Morgan fingerprint density at radius 1 is 1.19 bits per heavy atom. The van der Waals surface area contributed by atoms with Gasteiger partial charge in [0.15, 0.2) is 0 Å². The van der Waals surface area contributed by atoms with Crippen LogP contribution >= 0.6 is 36.4 Å². The normalized spacial score (nSPS) is 20.9. The molecule has 21 heavy (non-hydrogen) atoms. The van der Waals surface area contributed by atoms with Gasteiger partial charge in [-0.25, -0.2) is 4.39 Å². The lowest BCUT2D eigenvalue weighted by Gasteiger charge is -2.43. The maximum Gasteiger partial charge on any atom is 0.129 e. The van der Waals surface area contributed by atoms with Crippen LogP contribution in [-0.2, 0) is 0 Å². The van der Waals surface area contributed by atoms with E-state index in [4.69, 9.17) is 11.6 Å². The molecule has 1 aliphatic carbocycles. The van der Waals surface area contributed by atoms with Gasteiger partial charge in [0, 0.05) is 42.8 Å². The maximum atomic E-state index is 14.2. The summed E-state index contributed by atoms with van der Waals surface area (Å²) in [4.78, 5) is 2.41. The van der Waals surface area contributed by atoms with E-state index in [1.807, 2.05) is 6.07 Å². The first kappa shape index (κ1) is 19.0. The van der Waals surface area contributed by atoms with Gasteiger partial charge >= 0.3 is 0 Å². The molecule has 0 unspecified atom stereocenters. The van der Waals surface area contributed by atoms with Crippen LogP contribution in [0.15, 0.2) is 18.2 Å². The minimum absolute atomic E-state index is 0. The van der Waals surface area contributed by atoms with E-state index in [9.17, 15) is 4.39 Å². The van der Waals surface area contributed by atoms with Crippen molar-refractivity contribution in [2.45, 2.75) is 25.3 Å². The first-order valence-corrected chi connectivity index (χ1v) is 7.54. The number of nitrogens with zero attached hydrogens (tertiary/aromatic N) is 1. The summed E-state index contributed by atoms with van der Waals surface area (Å²) < 4.78 is 14.2. The van der Waals surface area contributed by atoms with Crippen LogP contribution in [0.25, 0.3) is 0 Å². The molecule has 1 N–H and O–H groups in total. The van der Waals surface area contributed by atoms with Gasteiger partial charge in [0.1, 0.15) is 5.82 Å². The Kier molecular flexibility index (Phi) is 7.72. The third kappa shape index (κ3) is 4.02. The van der Waals surface area contributed by atoms with E-state index in [1.165, 1.54) is 25.3 Å². The van der Waals surface area contributed by atoms with Crippen LogP contribution < -0.4 is 5.32 Å². The summed E-state index contributed by atoms with van der Waals surface area (Å²) in [5.41, 5.74) is 0.718. The van der Waals surface area contributed by atoms with Gasteiger partial charge in [-0.3, -0.25) is 4.90 Å². The molecule has 0 aromatic heterocycles. The lowest BCUT2D eigenvalue weighted by atomic mass is 9.76. The molecular weight excluding hydrogens is 334 g/mol. The van der Waals surface area contributed by atoms with Gasteiger partial charge in [-0.2, -0.15) is 0 Å². The fourth-order valence-electron chi connectivity index (χ4n) is 3.23. The molecule has 3 rings (SSSR count). The Hall–Kier alpha value is -0.0600. The number of benzene rings is 1. The zero-order valence-corrected chi connectivity index (χ0v) is 14.2. The zero-order valence-electron chi connectivity index (χ0n) is 11.9. The molecule has 0 bridgehead atoms. The molecule has 1 saturated heterocycles. The molecule has 1 aromatic carbocycles. The molecule has 0 radical (unpaired) electrons. The highest BCUT2D eigenvalue weighted by molar-refractivity contribution is 6.31. The molecule has 2 fully saturated rings. The molecule has 0 spiro atoms. The van der Waals surface area contributed by atoms with Crippen LogP contribution in [0.1, 0.15) is 30.9 Å². The van der Waals surface area contributed by atoms with E-state index in [0.29, 0.717) is 10.9 Å². The summed E-state index contributed by atoms with van der Waals surface area (Å²) in [6, 6.07) is 5.20. The number of rotatable bonds is 3. The fourth-order valence-corrected chi connectivity index (χ4v) is 3.50. The van der Waals surface area contributed by atoms with Crippen LogP contribution in [-0.4, -0.2) is 31.1 Å². The minimum Gasteiger partial charge on any atom is -0.314 e. The summed E-state index contributed by atoms with van der Waals surface area (Å²) in [5.74, 6) is 0.412. The van der Waals surface area contributed by atoms with Crippen LogP contribution in [0, 0.1) is 11.7 Å². The first-order valence-electron chi connectivity index (χ1n) is 7.16. The van der Waals surface area contributed by atoms with Gasteiger partial charge < -0.3 is 5.32 Å². The van der Waals surface area contributed by atoms with Gasteiger partial charge in [0.2, 0.25) is 0 Å². The van der Waals surface area contributed by atoms with Crippen molar-refractivity contribution in [2.24, 2.45) is 5.92 Å². The third-order valence-corrected chi connectivity index (χ3v) is 4.77. The molecule has 2 nitrogen and oxygen atoms in total. The lowest BCUT2D eigenvalue weighted by Crippen LogP contribution is -2.48. The van der Waals surface area contributed by atoms with Crippen molar-refractivity contribution in [2.75, 3.05) is 26.2 Å². The second-order valence-electron chi connectivity index (χ2n) is 5.56. The van der Waals surface area contributed by atoms with Crippen molar-refractivity contribution < 1.29 is 4.39 Å². The minimum atomic E-state index is -0.150. The Morgan fingerprint density at radius 3 is 2.38 bits per heavy atom. The third-order valence-electron chi connectivity index (χ3n) is 4.44. The summed E-state index contributed by atoms with van der Waals surface area (Å²) >= 11 is 6.29. The summed E-state index contributed by atoms with van der Waals surface area (Å²) in [5, 5.41) is 3.94. The fraction of sp³-hybridized carbons (Fsp3) is 0.600. The quantitative estimate of drug-likeness (QED) is 0.879. The molecule has 1 atom stereocenters. The monoisotopic (exact) mass is 354 g/mol. The summed E-state index contributed by atoms with van der Waals surface area (Å²) in [7, 11) is 0. The van der Waals surface area contributed by atoms with Crippen molar-refractivity contribution in [3.8, 4) is 0 Å². The van der Waals surface area contributed by atoms with Crippen molar-refractivity contribution in [1.29, 1.82) is 0 Å². The number of halogens is 4. The van der Waals surface area contributed by atoms with E-state index in [2.05, 4.69) is 10.2 Å². The largest absolute Gasteiger partial charge is 0.314 e. The predicted octanol–water partition coefficient (Wildman–Crippen LogP) is 4.07. The Bertz CT molecular complexity index is 428. The molecule has 120 valence electrons. The number of hydrogen-bond donors (Lipinski definition) is 1. The van der Waals surface area contributed by atoms with E-state index in [-0.39, 0.29) is 36.7 Å². The number of hydrogen-bond acceptors (Lipinski definition) is 2. The Labute approximate surface area is 143 Å². The van der Waals surface area contributed by atoms with Crippen LogP contribution in [0.4, 0.5) is 4.39 Å². The highest BCUT2D eigenvalue weighted by Gasteiger charge is 2.36. The Morgan fingerprint density at radius 2 is 1.86 bits per heavy atom. The molecule has 1 aromatic rings. The maximum absolute atomic E-state index is 14.2. The van der Waals surface area contributed by atoms with Crippen LogP contribution in [0.2, 0.25) is 5.02 Å². The first-order chi connectivity index (χ1) is 9.27. The molecule has 0 amide bonds. The Balaban J connectivity index is 0.00000110. The van der Waals surface area contributed by atoms with Crippen LogP contribution in [0.5, 0.6) is 0 Å². The van der Waals surface area contributed by atoms with E-state index < -0.39 is 0 Å². The van der Waals surface area contributed by atoms with Crippen molar-refractivity contribution in [3.63, 3.8) is 0 Å². The van der Waals surface area contributed by atoms with Crippen molar-refractivity contribution >= 4 is 36.4 Å². The van der Waals surface area contributed by atoms with Gasteiger partial charge in [-0.1, -0.05) is 24.1 Å². The van der Waals surface area contributed by atoms with E-state index in [0.717, 1.165) is 31.7 Å². The second kappa shape index (κ2) is 8.54. The highest BCUT2D eigenvalue weighted by Crippen LogP contribution is 2.44. The predicted molar refractivity (Wildman–Crippen MR) is 90.4 cm³/mol. The molecular formula is C15H22Cl3FN2.